The van der Waals surface area contributed by atoms with Gasteiger partial charge in [0.05, 0.1) is 30.4 Å². The van der Waals surface area contributed by atoms with Crippen LogP contribution in [0.3, 0.4) is 0 Å². The summed E-state index contributed by atoms with van der Waals surface area (Å²) >= 11 is 5.92. The smallest absolute Gasteiger partial charge is 0.236 e. The number of rotatable bonds is 7. The number of piperazine rings is 1. The highest BCUT2D eigenvalue weighted by Crippen LogP contribution is 2.25. The van der Waals surface area contributed by atoms with Crippen LogP contribution in [-0.2, 0) is 16.1 Å². The van der Waals surface area contributed by atoms with Crippen LogP contribution < -0.4 is 10.1 Å². The first-order valence-electron chi connectivity index (χ1n) is 9.63. The van der Waals surface area contributed by atoms with Gasteiger partial charge in [0.25, 0.3) is 0 Å². The zero-order chi connectivity index (χ0) is 21.5. The summed E-state index contributed by atoms with van der Waals surface area (Å²) in [4.78, 5) is 27.8. The minimum atomic E-state index is -0.248. The van der Waals surface area contributed by atoms with Crippen LogP contribution in [0, 0.1) is 11.3 Å². The van der Waals surface area contributed by atoms with E-state index in [1.807, 2.05) is 30.3 Å². The number of halogens is 1. The van der Waals surface area contributed by atoms with E-state index in [0.29, 0.717) is 54.8 Å². The summed E-state index contributed by atoms with van der Waals surface area (Å²) in [5, 5.41) is 12.4. The summed E-state index contributed by atoms with van der Waals surface area (Å²) in [6.45, 7) is 4.61. The third-order valence-corrected chi connectivity index (χ3v) is 5.01. The third-order valence-electron chi connectivity index (χ3n) is 4.76. The Balaban J connectivity index is 1.50. The molecule has 8 heteroatoms. The quantitative estimate of drug-likeness (QED) is 0.735. The first kappa shape index (κ1) is 21.6. The molecule has 3 rings (SSSR count). The number of amides is 2. The van der Waals surface area contributed by atoms with Crippen LogP contribution in [0.5, 0.6) is 5.75 Å². The number of hydrogen-bond donors (Lipinski definition) is 1. The van der Waals surface area contributed by atoms with E-state index >= 15 is 0 Å². The highest BCUT2D eigenvalue weighted by atomic mass is 35.5. The summed E-state index contributed by atoms with van der Waals surface area (Å²) in [6.07, 6.45) is 0. The lowest BCUT2D eigenvalue weighted by molar-refractivity contribution is -0.136. The number of carbonyl (C=O) groups is 2. The molecular weight excluding hydrogens is 404 g/mol. The molecule has 0 aliphatic carbocycles. The molecule has 1 aliphatic rings. The molecule has 30 heavy (non-hydrogen) atoms. The fourth-order valence-electron chi connectivity index (χ4n) is 3.26. The molecule has 7 nitrogen and oxygen atoms in total. The first-order chi connectivity index (χ1) is 14.4. The molecule has 1 saturated heterocycles. The Morgan fingerprint density at radius 1 is 1.23 bits per heavy atom. The van der Waals surface area contributed by atoms with Crippen molar-refractivity contribution in [2.45, 2.75) is 13.5 Å². The Bertz CT molecular complexity index is 956. The molecule has 0 aromatic heterocycles. The van der Waals surface area contributed by atoms with Crippen molar-refractivity contribution in [3.05, 3.63) is 58.6 Å². The second-order valence-corrected chi connectivity index (χ2v) is 7.51. The van der Waals surface area contributed by atoms with Crippen molar-refractivity contribution in [2.75, 3.05) is 38.1 Å². The Labute approximate surface area is 180 Å². The largest absolute Gasteiger partial charge is 0.490 e. The molecule has 1 heterocycles. The Morgan fingerprint density at radius 2 is 2.00 bits per heavy atom. The average molecular weight is 427 g/mol. The SMILES string of the molecule is CC(=O)Nc1cc(C#N)ccc1OCCN1CCN(Cc2ccc(Cl)cc2)CC1=O. The molecule has 2 aromatic carbocycles. The average Bonchev–Trinajstić information content (AvgIpc) is 2.72. The van der Waals surface area contributed by atoms with Gasteiger partial charge in [-0.25, -0.2) is 0 Å². The van der Waals surface area contributed by atoms with Gasteiger partial charge in [0.2, 0.25) is 11.8 Å². The summed E-state index contributed by atoms with van der Waals surface area (Å²) in [5.74, 6) is 0.278. The lowest BCUT2D eigenvalue weighted by atomic mass is 10.2. The monoisotopic (exact) mass is 426 g/mol. The van der Waals surface area contributed by atoms with Crippen molar-refractivity contribution in [3.63, 3.8) is 0 Å². The topological polar surface area (TPSA) is 85.7 Å². The number of hydrogen-bond acceptors (Lipinski definition) is 5. The van der Waals surface area contributed by atoms with Crippen LogP contribution in [0.1, 0.15) is 18.1 Å². The predicted octanol–water partition coefficient (Wildman–Crippen LogP) is 2.89. The molecule has 2 aromatic rings. The van der Waals surface area contributed by atoms with Gasteiger partial charge < -0.3 is 15.0 Å². The molecule has 0 unspecified atom stereocenters. The minimum absolute atomic E-state index is 0.0562. The summed E-state index contributed by atoms with van der Waals surface area (Å²) in [6, 6.07) is 14.5. The highest BCUT2D eigenvalue weighted by molar-refractivity contribution is 6.30. The Hall–Kier alpha value is -3.08. The number of nitrogens with one attached hydrogen (secondary N) is 1. The molecule has 0 bridgehead atoms. The van der Waals surface area contributed by atoms with E-state index < -0.39 is 0 Å². The van der Waals surface area contributed by atoms with Crippen molar-refractivity contribution < 1.29 is 14.3 Å². The molecule has 0 atom stereocenters. The number of nitriles is 1. The van der Waals surface area contributed by atoms with Gasteiger partial charge in [0, 0.05) is 31.6 Å². The second-order valence-electron chi connectivity index (χ2n) is 7.07. The van der Waals surface area contributed by atoms with Crippen LogP contribution in [-0.4, -0.2) is 54.4 Å². The van der Waals surface area contributed by atoms with Gasteiger partial charge >= 0.3 is 0 Å². The van der Waals surface area contributed by atoms with E-state index in [9.17, 15) is 9.59 Å². The summed E-state index contributed by atoms with van der Waals surface area (Å²) < 4.78 is 5.78. The lowest BCUT2D eigenvalue weighted by Gasteiger charge is -2.34. The van der Waals surface area contributed by atoms with Crippen LogP contribution in [0.2, 0.25) is 5.02 Å². The molecule has 156 valence electrons. The highest BCUT2D eigenvalue weighted by Gasteiger charge is 2.23. The number of ether oxygens (including phenoxy) is 1. The van der Waals surface area contributed by atoms with Gasteiger partial charge in [0.15, 0.2) is 0 Å². The second kappa shape index (κ2) is 10.1. The summed E-state index contributed by atoms with van der Waals surface area (Å²) in [5.41, 5.74) is 1.99. The van der Waals surface area contributed by atoms with Crippen LogP contribution in [0.25, 0.3) is 0 Å². The van der Waals surface area contributed by atoms with Crippen molar-refractivity contribution in [1.29, 1.82) is 5.26 Å². The third kappa shape index (κ3) is 5.96. The Morgan fingerprint density at radius 3 is 2.67 bits per heavy atom. The van der Waals surface area contributed by atoms with Gasteiger partial charge in [-0.1, -0.05) is 23.7 Å². The molecule has 1 fully saturated rings. The van der Waals surface area contributed by atoms with Crippen LogP contribution >= 0.6 is 11.6 Å². The predicted molar refractivity (Wildman–Crippen MR) is 114 cm³/mol. The van der Waals surface area contributed by atoms with E-state index in [0.717, 1.165) is 12.1 Å². The maximum atomic E-state index is 12.5. The van der Waals surface area contributed by atoms with Crippen LogP contribution in [0.15, 0.2) is 42.5 Å². The van der Waals surface area contributed by atoms with E-state index in [4.69, 9.17) is 21.6 Å². The molecule has 0 saturated carbocycles. The molecule has 0 spiro atoms. The number of carbonyl (C=O) groups excluding carboxylic acids is 2. The fraction of sp³-hybridized carbons (Fsp3) is 0.318. The first-order valence-corrected chi connectivity index (χ1v) is 10.0. The molecule has 1 aliphatic heterocycles. The number of benzene rings is 2. The lowest BCUT2D eigenvalue weighted by Crippen LogP contribution is -2.50. The van der Waals surface area contributed by atoms with Crippen molar-refractivity contribution in [2.24, 2.45) is 0 Å². The zero-order valence-corrected chi connectivity index (χ0v) is 17.5. The van der Waals surface area contributed by atoms with Crippen LogP contribution in [0.4, 0.5) is 5.69 Å². The van der Waals surface area contributed by atoms with Gasteiger partial charge in [-0.3, -0.25) is 14.5 Å². The van der Waals surface area contributed by atoms with Gasteiger partial charge in [-0.2, -0.15) is 5.26 Å². The molecule has 1 N–H and O–H groups in total. The van der Waals surface area contributed by atoms with Crippen molar-refractivity contribution in [1.82, 2.24) is 9.80 Å². The van der Waals surface area contributed by atoms with E-state index in [2.05, 4.69) is 10.2 Å². The van der Waals surface area contributed by atoms with Crippen molar-refractivity contribution in [3.8, 4) is 11.8 Å². The molecular formula is C22H23ClN4O3. The number of anilines is 1. The minimum Gasteiger partial charge on any atom is -0.490 e. The fourth-order valence-corrected chi connectivity index (χ4v) is 3.38. The van der Waals surface area contributed by atoms with Gasteiger partial charge in [0.1, 0.15) is 12.4 Å². The van der Waals surface area contributed by atoms with E-state index in [-0.39, 0.29) is 11.8 Å². The number of nitrogens with zero attached hydrogens (tertiary/aromatic N) is 3. The standard InChI is InChI=1S/C22H23ClN4O3/c1-16(28)25-20-12-18(13-24)4-7-21(20)30-11-10-27-9-8-26(15-22(27)29)14-17-2-5-19(23)6-3-17/h2-7,12H,8-11,14-15H2,1H3,(H,25,28). The summed E-state index contributed by atoms with van der Waals surface area (Å²) in [7, 11) is 0. The molecule has 0 radical (unpaired) electrons. The normalized spacial score (nSPS) is 14.3. The van der Waals surface area contributed by atoms with E-state index in [1.165, 1.54) is 6.92 Å². The molecule has 2 amide bonds. The van der Waals surface area contributed by atoms with E-state index in [1.54, 1.807) is 23.1 Å². The Kier molecular flexibility index (Phi) is 7.28. The van der Waals surface area contributed by atoms with Gasteiger partial charge in [-0.15, -0.1) is 0 Å². The van der Waals surface area contributed by atoms with Gasteiger partial charge in [-0.05, 0) is 35.9 Å². The maximum Gasteiger partial charge on any atom is 0.236 e. The maximum absolute atomic E-state index is 12.5. The zero-order valence-electron chi connectivity index (χ0n) is 16.7. The van der Waals surface area contributed by atoms with Crippen molar-refractivity contribution >= 4 is 29.1 Å².